The molecule has 2 heterocycles. The Bertz CT molecular complexity index is 909. The van der Waals surface area contributed by atoms with E-state index < -0.39 is 10.0 Å². The maximum atomic E-state index is 13.0. The number of hydrogen-bond acceptors (Lipinski definition) is 5. The van der Waals surface area contributed by atoms with Gasteiger partial charge in [0.2, 0.25) is 15.9 Å². The number of hydrogen-bond donors (Lipinski definition) is 1. The molecular weight excluding hydrogens is 382 g/mol. The molecule has 0 spiro atoms. The summed E-state index contributed by atoms with van der Waals surface area (Å²) < 4.78 is 27.5. The Morgan fingerprint density at radius 3 is 2.44 bits per heavy atom. The molecule has 0 radical (unpaired) electrons. The summed E-state index contributed by atoms with van der Waals surface area (Å²) >= 11 is 1.59. The quantitative estimate of drug-likeness (QED) is 0.826. The zero-order valence-electron chi connectivity index (χ0n) is 15.9. The van der Waals surface area contributed by atoms with E-state index >= 15 is 0 Å². The van der Waals surface area contributed by atoms with Crippen LogP contribution in [0.4, 0.5) is 0 Å². The molecule has 0 unspecified atom stereocenters. The van der Waals surface area contributed by atoms with Gasteiger partial charge in [0.05, 0.1) is 22.1 Å². The van der Waals surface area contributed by atoms with Gasteiger partial charge in [0.25, 0.3) is 0 Å². The maximum absolute atomic E-state index is 13.0. The molecule has 8 heteroatoms. The molecule has 27 heavy (non-hydrogen) atoms. The second-order valence-electron chi connectivity index (χ2n) is 7.09. The van der Waals surface area contributed by atoms with E-state index in [-0.39, 0.29) is 11.8 Å². The van der Waals surface area contributed by atoms with Crippen LogP contribution in [0.15, 0.2) is 28.5 Å². The van der Waals surface area contributed by atoms with Crippen molar-refractivity contribution in [3.05, 3.63) is 45.4 Å². The van der Waals surface area contributed by atoms with Crippen molar-refractivity contribution in [1.82, 2.24) is 14.6 Å². The molecule has 146 valence electrons. The molecule has 1 fully saturated rings. The van der Waals surface area contributed by atoms with Crippen molar-refractivity contribution in [2.45, 2.75) is 51.0 Å². The van der Waals surface area contributed by atoms with Crippen LogP contribution < -0.4 is 5.32 Å². The average Bonchev–Trinajstić information content (AvgIpc) is 3.08. The lowest BCUT2D eigenvalue weighted by molar-refractivity contribution is -0.119. The number of thiazole rings is 1. The van der Waals surface area contributed by atoms with Crippen molar-refractivity contribution in [1.29, 1.82) is 0 Å². The smallest absolute Gasteiger partial charge is 0.243 e. The Balaban J connectivity index is 1.65. The Morgan fingerprint density at radius 1 is 1.22 bits per heavy atom. The summed E-state index contributed by atoms with van der Waals surface area (Å²) in [4.78, 5) is 16.0. The molecule has 1 aliphatic rings. The average molecular weight is 408 g/mol. The largest absolute Gasteiger partial charge is 0.351 e. The third-order valence-corrected chi connectivity index (χ3v) is 7.66. The van der Waals surface area contributed by atoms with E-state index in [9.17, 15) is 13.2 Å². The first-order chi connectivity index (χ1) is 12.8. The molecule has 6 nitrogen and oxygen atoms in total. The standard InChI is InChI=1S/C19H25N3O3S2/c1-13-8-14(2)10-18(9-13)27(24,25)22-6-4-16(5-7-22)19-21-17(12-26-19)11-20-15(3)23/h8-10,12,16H,4-7,11H2,1-3H3,(H,20,23). The number of nitrogens with one attached hydrogen (secondary N) is 1. The Kier molecular flexibility index (Phi) is 5.98. The van der Waals surface area contributed by atoms with Gasteiger partial charge in [-0.15, -0.1) is 11.3 Å². The van der Waals surface area contributed by atoms with Gasteiger partial charge in [0.15, 0.2) is 0 Å². The van der Waals surface area contributed by atoms with Crippen molar-refractivity contribution in [3.8, 4) is 0 Å². The number of benzene rings is 1. The maximum Gasteiger partial charge on any atom is 0.243 e. The highest BCUT2D eigenvalue weighted by Gasteiger charge is 2.31. The van der Waals surface area contributed by atoms with Gasteiger partial charge in [-0.2, -0.15) is 4.31 Å². The van der Waals surface area contributed by atoms with E-state index in [1.165, 1.54) is 6.92 Å². The molecular formula is C19H25N3O3S2. The molecule has 1 N–H and O–H groups in total. The third-order valence-electron chi connectivity index (χ3n) is 4.72. The molecule has 1 aromatic carbocycles. The van der Waals surface area contributed by atoms with Crippen LogP contribution in [0.2, 0.25) is 0 Å². The van der Waals surface area contributed by atoms with E-state index in [1.54, 1.807) is 27.8 Å². The molecule has 0 saturated carbocycles. The first-order valence-electron chi connectivity index (χ1n) is 9.03. The molecule has 3 rings (SSSR count). The van der Waals surface area contributed by atoms with Gasteiger partial charge in [-0.25, -0.2) is 13.4 Å². The Labute approximate surface area is 164 Å². The van der Waals surface area contributed by atoms with Crippen LogP contribution in [0.1, 0.15) is 47.5 Å². The molecule has 0 bridgehead atoms. The predicted octanol–water partition coefficient (Wildman–Crippen LogP) is 2.96. The normalized spacial score (nSPS) is 16.4. The summed E-state index contributed by atoms with van der Waals surface area (Å²) in [6, 6.07) is 5.46. The fourth-order valence-electron chi connectivity index (χ4n) is 3.38. The minimum atomic E-state index is -3.46. The van der Waals surface area contributed by atoms with Crippen molar-refractivity contribution < 1.29 is 13.2 Å². The first-order valence-corrected chi connectivity index (χ1v) is 11.3. The van der Waals surface area contributed by atoms with Gasteiger partial charge >= 0.3 is 0 Å². The number of nitrogens with zero attached hydrogens (tertiary/aromatic N) is 2. The zero-order valence-corrected chi connectivity index (χ0v) is 17.5. The third kappa shape index (κ3) is 4.75. The van der Waals surface area contributed by atoms with Crippen LogP contribution in [0.5, 0.6) is 0 Å². The second-order valence-corrected chi connectivity index (χ2v) is 9.92. The van der Waals surface area contributed by atoms with Gasteiger partial charge in [-0.3, -0.25) is 4.79 Å². The van der Waals surface area contributed by atoms with Crippen molar-refractivity contribution in [2.75, 3.05) is 13.1 Å². The van der Waals surface area contributed by atoms with Gasteiger partial charge in [-0.05, 0) is 49.9 Å². The molecule has 1 aromatic heterocycles. The zero-order chi connectivity index (χ0) is 19.6. The van der Waals surface area contributed by atoms with E-state index in [1.807, 2.05) is 25.3 Å². The molecule has 0 atom stereocenters. The lowest BCUT2D eigenvalue weighted by Gasteiger charge is -2.30. The molecule has 1 aliphatic heterocycles. The highest BCUT2D eigenvalue weighted by Crippen LogP contribution is 2.32. The summed E-state index contributed by atoms with van der Waals surface area (Å²) in [5.41, 5.74) is 2.77. The molecule has 0 aliphatic carbocycles. The van der Waals surface area contributed by atoms with Crippen LogP contribution in [-0.4, -0.2) is 36.7 Å². The fraction of sp³-hybridized carbons (Fsp3) is 0.474. The number of rotatable bonds is 5. The number of carbonyl (C=O) groups excluding carboxylic acids is 1. The van der Waals surface area contributed by atoms with Crippen molar-refractivity contribution in [3.63, 3.8) is 0 Å². The summed E-state index contributed by atoms with van der Waals surface area (Å²) in [6.45, 7) is 6.75. The van der Waals surface area contributed by atoms with Crippen LogP contribution in [-0.2, 0) is 21.4 Å². The number of amides is 1. The van der Waals surface area contributed by atoms with Crippen LogP contribution >= 0.6 is 11.3 Å². The van der Waals surface area contributed by atoms with Crippen LogP contribution in [0.25, 0.3) is 0 Å². The van der Waals surface area contributed by atoms with Crippen molar-refractivity contribution in [2.24, 2.45) is 0 Å². The monoisotopic (exact) mass is 407 g/mol. The number of aromatic nitrogens is 1. The highest BCUT2D eigenvalue weighted by atomic mass is 32.2. The van der Waals surface area contributed by atoms with E-state index in [0.29, 0.717) is 24.5 Å². The van der Waals surface area contributed by atoms with Crippen LogP contribution in [0, 0.1) is 13.8 Å². The lowest BCUT2D eigenvalue weighted by Crippen LogP contribution is -2.38. The van der Waals surface area contributed by atoms with Gasteiger partial charge in [-0.1, -0.05) is 6.07 Å². The fourth-order valence-corrected chi connectivity index (χ4v) is 6.03. The summed E-state index contributed by atoms with van der Waals surface area (Å²) in [6.07, 6.45) is 1.52. The summed E-state index contributed by atoms with van der Waals surface area (Å²) in [7, 11) is -3.46. The first kappa shape index (κ1) is 20.0. The number of piperidine rings is 1. The van der Waals surface area contributed by atoms with Gasteiger partial charge in [0.1, 0.15) is 0 Å². The second kappa shape index (κ2) is 8.08. The predicted molar refractivity (Wildman–Crippen MR) is 106 cm³/mol. The van der Waals surface area contributed by atoms with E-state index in [2.05, 4.69) is 10.3 Å². The molecule has 1 amide bonds. The Morgan fingerprint density at radius 2 is 1.85 bits per heavy atom. The number of aryl methyl sites for hydroxylation is 2. The number of sulfonamides is 1. The van der Waals surface area contributed by atoms with E-state index in [4.69, 9.17) is 0 Å². The van der Waals surface area contributed by atoms with Crippen LogP contribution in [0.3, 0.4) is 0 Å². The minimum absolute atomic E-state index is 0.0746. The minimum Gasteiger partial charge on any atom is -0.351 e. The topological polar surface area (TPSA) is 79.4 Å². The Hall–Kier alpha value is -1.77. The van der Waals surface area contributed by atoms with Crippen molar-refractivity contribution >= 4 is 27.3 Å². The van der Waals surface area contributed by atoms with E-state index in [0.717, 1.165) is 34.7 Å². The lowest BCUT2D eigenvalue weighted by atomic mass is 9.99. The SMILES string of the molecule is CC(=O)NCc1csc(C2CCN(S(=O)(=O)c3cc(C)cc(C)c3)CC2)n1. The van der Waals surface area contributed by atoms with Gasteiger partial charge < -0.3 is 5.32 Å². The molecule has 2 aromatic rings. The van der Waals surface area contributed by atoms with Gasteiger partial charge in [0, 0.05) is 31.3 Å². The summed E-state index contributed by atoms with van der Waals surface area (Å²) in [5, 5.41) is 5.74. The molecule has 1 saturated heterocycles. The highest BCUT2D eigenvalue weighted by molar-refractivity contribution is 7.89. The summed E-state index contributed by atoms with van der Waals surface area (Å²) in [5.74, 6) is 0.196. The number of carbonyl (C=O) groups is 1.